The largest absolute Gasteiger partial charge is 0.508 e. The van der Waals surface area contributed by atoms with Crippen molar-refractivity contribution in [2.75, 3.05) is 0 Å². The van der Waals surface area contributed by atoms with E-state index in [2.05, 4.69) is 13.5 Å². The summed E-state index contributed by atoms with van der Waals surface area (Å²) in [6.07, 6.45) is -4.26. The molecule has 0 aromatic heterocycles. The fourth-order valence-electron chi connectivity index (χ4n) is 8.99. The van der Waals surface area contributed by atoms with E-state index < -0.39 is 60.9 Å². The van der Waals surface area contributed by atoms with E-state index in [9.17, 15) is 64.7 Å². The Kier molecular flexibility index (Phi) is 12.0. The molecule has 0 amide bonds. The van der Waals surface area contributed by atoms with Crippen LogP contribution < -0.4 is 0 Å². The monoisotopic (exact) mass is 730 g/mol. The van der Waals surface area contributed by atoms with Crippen LogP contribution in [-0.2, 0) is 4.79 Å². The van der Waals surface area contributed by atoms with Crippen LogP contribution in [0.25, 0.3) is 0 Å². The summed E-state index contributed by atoms with van der Waals surface area (Å²) in [7, 11) is 0. The molecule has 1 aromatic carbocycles. The third-order valence-corrected chi connectivity index (χ3v) is 12.0. The number of rotatable bonds is 16. The molecule has 284 valence electrons. The highest BCUT2D eigenvalue weighted by atomic mass is 19.4. The predicted molar refractivity (Wildman–Crippen MR) is 166 cm³/mol. The van der Waals surface area contributed by atoms with Crippen molar-refractivity contribution < 1.29 is 64.7 Å². The Morgan fingerprint density at radius 2 is 1.50 bits per heavy atom. The number of aliphatic hydroxyl groups is 2. The van der Waals surface area contributed by atoms with E-state index in [1.807, 2.05) is 6.07 Å². The lowest BCUT2D eigenvalue weighted by Crippen LogP contribution is -2.60. The van der Waals surface area contributed by atoms with E-state index in [0.29, 0.717) is 19.3 Å². The highest BCUT2D eigenvalue weighted by Crippen LogP contribution is 2.65. The number of hydrogen-bond acceptors (Lipinski definition) is 4. The maximum absolute atomic E-state index is 13.9. The van der Waals surface area contributed by atoms with Crippen LogP contribution in [0.5, 0.6) is 5.75 Å². The molecule has 3 aliphatic carbocycles. The number of hydrogen-bond donors (Lipinski definition) is 4. The van der Waals surface area contributed by atoms with Crippen LogP contribution in [0, 0.1) is 29.1 Å². The molecule has 0 bridgehead atoms. The second kappa shape index (κ2) is 14.9. The van der Waals surface area contributed by atoms with Gasteiger partial charge in [-0.3, -0.25) is 4.79 Å². The lowest BCUT2D eigenvalue weighted by Gasteiger charge is -2.53. The van der Waals surface area contributed by atoms with Crippen molar-refractivity contribution in [1.82, 2.24) is 0 Å². The first-order valence-corrected chi connectivity index (χ1v) is 17.4. The first-order valence-electron chi connectivity index (χ1n) is 17.4. The summed E-state index contributed by atoms with van der Waals surface area (Å²) in [4.78, 5) is 11.5. The molecule has 0 aliphatic heterocycles. The highest BCUT2D eigenvalue weighted by molar-refractivity contribution is 5.69. The van der Waals surface area contributed by atoms with E-state index in [4.69, 9.17) is 0 Å². The number of aliphatic carboxylic acids is 1. The van der Waals surface area contributed by atoms with Crippen molar-refractivity contribution in [2.45, 2.75) is 139 Å². The maximum atomic E-state index is 13.9. The molecule has 8 atom stereocenters. The number of unbranched alkanes of at least 4 members (excludes halogenated alkanes) is 6. The van der Waals surface area contributed by atoms with Gasteiger partial charge < -0.3 is 20.4 Å². The molecule has 50 heavy (non-hydrogen) atoms. The van der Waals surface area contributed by atoms with Gasteiger partial charge in [0.1, 0.15) is 5.75 Å². The zero-order chi connectivity index (χ0) is 37.4. The van der Waals surface area contributed by atoms with Crippen molar-refractivity contribution in [2.24, 2.45) is 29.1 Å². The smallest absolute Gasteiger partial charge is 0.460 e. The van der Waals surface area contributed by atoms with Crippen LogP contribution in [0.1, 0.15) is 120 Å². The number of carboxylic acids is 1. The van der Waals surface area contributed by atoms with Gasteiger partial charge in [-0.25, -0.2) is 0 Å². The number of halogens is 9. The summed E-state index contributed by atoms with van der Waals surface area (Å²) in [5, 5.41) is 41.8. The van der Waals surface area contributed by atoms with Gasteiger partial charge in [0, 0.05) is 6.42 Å². The summed E-state index contributed by atoms with van der Waals surface area (Å²) < 4.78 is 118. The average Bonchev–Trinajstić information content (AvgIpc) is 3.25. The minimum atomic E-state index is -7.00. The van der Waals surface area contributed by atoms with Gasteiger partial charge in [-0.1, -0.05) is 64.5 Å². The van der Waals surface area contributed by atoms with Crippen molar-refractivity contribution in [1.29, 1.82) is 0 Å². The molecule has 1 aromatic rings. The Morgan fingerprint density at radius 3 is 2.10 bits per heavy atom. The van der Waals surface area contributed by atoms with Crippen molar-refractivity contribution >= 4 is 5.97 Å². The van der Waals surface area contributed by atoms with Gasteiger partial charge in [0.05, 0.1) is 18.1 Å². The molecule has 14 heteroatoms. The standard InChI is InChI=1S/C36H47F9O5/c1-20-28(47)19-27-29-24(15-16-32(20,27)2)23-13-12-22(46)18-26(23)30(48)25(29)11-9-7-5-3-4-6-8-10-21(31(49)50)14-17-33(37,38)34(39,40)35(41,42)36(43,44)45/h12-13,18,21,24-25,27-30,46-48H,1,3-11,14-17,19H2,2H3,(H,49,50)/t21?,24?,25-,27?,28+,29?,30+,32+/m0/s1. The summed E-state index contributed by atoms with van der Waals surface area (Å²) in [5.41, 5.74) is 2.42. The topological polar surface area (TPSA) is 98.0 Å². The molecule has 3 aliphatic rings. The van der Waals surface area contributed by atoms with E-state index in [1.165, 1.54) is 0 Å². The number of carbonyl (C=O) groups is 1. The quantitative estimate of drug-likeness (QED) is 0.0772. The lowest BCUT2D eigenvalue weighted by atomic mass is 9.51. The fourth-order valence-corrected chi connectivity index (χ4v) is 8.99. The van der Waals surface area contributed by atoms with Gasteiger partial charge in [-0.15, -0.1) is 0 Å². The molecular weight excluding hydrogens is 683 g/mol. The normalized spacial score (nSPS) is 29.3. The van der Waals surface area contributed by atoms with Crippen LogP contribution in [0.15, 0.2) is 30.4 Å². The number of aliphatic hydroxyl groups excluding tert-OH is 2. The van der Waals surface area contributed by atoms with Crippen LogP contribution in [0.3, 0.4) is 0 Å². The third-order valence-electron chi connectivity index (χ3n) is 12.0. The number of fused-ring (bicyclic) bond motifs is 5. The van der Waals surface area contributed by atoms with Crippen LogP contribution in [0.2, 0.25) is 0 Å². The highest BCUT2D eigenvalue weighted by Gasteiger charge is 2.81. The van der Waals surface area contributed by atoms with Gasteiger partial charge >= 0.3 is 29.9 Å². The van der Waals surface area contributed by atoms with Crippen LogP contribution in [-0.4, -0.2) is 56.4 Å². The Morgan fingerprint density at radius 1 is 0.900 bits per heavy atom. The van der Waals surface area contributed by atoms with E-state index in [-0.39, 0.29) is 47.7 Å². The molecule has 0 heterocycles. The third kappa shape index (κ3) is 7.52. The molecule has 4 N–H and O–H groups in total. The molecule has 0 spiro atoms. The van der Waals surface area contributed by atoms with Crippen molar-refractivity contribution in [3.05, 3.63) is 41.5 Å². The molecule has 5 nitrogen and oxygen atoms in total. The van der Waals surface area contributed by atoms with Gasteiger partial charge in [-0.2, -0.15) is 39.5 Å². The number of aromatic hydroxyl groups is 1. The first-order chi connectivity index (χ1) is 23.1. The Bertz CT molecular complexity index is 1370. The van der Waals surface area contributed by atoms with Gasteiger partial charge in [0.25, 0.3) is 0 Å². The Balaban J connectivity index is 1.24. The fraction of sp³-hybridized carbons (Fsp3) is 0.750. The Hall–Kier alpha value is -2.48. The number of benzene rings is 1. The lowest BCUT2D eigenvalue weighted by molar-refractivity contribution is -0.396. The van der Waals surface area contributed by atoms with Gasteiger partial charge in [0.2, 0.25) is 0 Å². The number of carboxylic acid groups (broad SMARTS) is 1. The summed E-state index contributed by atoms with van der Waals surface area (Å²) in [6, 6.07) is 5.19. The second-order valence-corrected chi connectivity index (χ2v) is 14.9. The second-order valence-electron chi connectivity index (χ2n) is 14.9. The molecule has 0 saturated heterocycles. The summed E-state index contributed by atoms with van der Waals surface area (Å²) in [5.74, 6) is -22.3. The van der Waals surface area contributed by atoms with E-state index in [0.717, 1.165) is 61.6 Å². The maximum Gasteiger partial charge on any atom is 0.460 e. The minimum Gasteiger partial charge on any atom is -0.508 e. The number of phenols is 1. The molecule has 4 rings (SSSR count). The summed E-state index contributed by atoms with van der Waals surface area (Å²) in [6.45, 7) is 6.38. The number of alkyl halides is 9. The zero-order valence-corrected chi connectivity index (χ0v) is 28.0. The van der Waals surface area contributed by atoms with Crippen molar-refractivity contribution in [3.63, 3.8) is 0 Å². The number of phenolic OH excluding ortho intramolecular Hbond substituents is 1. The van der Waals surface area contributed by atoms with Crippen LogP contribution in [0.4, 0.5) is 39.5 Å². The SMILES string of the molecule is C=C1[C@H](O)CC2C3C(CC[C@]12C)c1ccc(O)cc1[C@H](O)[C@H]3CCCCCCCCCC(CCC(F)(F)C(F)(F)C(F)(F)C(F)(F)F)C(=O)O. The van der Waals surface area contributed by atoms with Gasteiger partial charge in [-0.05, 0) is 96.4 Å². The van der Waals surface area contributed by atoms with E-state index in [1.54, 1.807) is 12.1 Å². The minimum absolute atomic E-state index is 0.0861. The summed E-state index contributed by atoms with van der Waals surface area (Å²) >= 11 is 0. The van der Waals surface area contributed by atoms with Gasteiger partial charge in [0.15, 0.2) is 0 Å². The molecule has 2 saturated carbocycles. The molecule has 2 fully saturated rings. The average molecular weight is 731 g/mol. The first kappa shape index (κ1) is 40.3. The van der Waals surface area contributed by atoms with Crippen molar-refractivity contribution in [3.8, 4) is 5.75 Å². The molecule has 4 unspecified atom stereocenters. The Labute approximate surface area is 286 Å². The molecule has 0 radical (unpaired) electrons. The molecular formula is C36H47F9O5. The predicted octanol–water partition coefficient (Wildman–Crippen LogP) is 9.95. The zero-order valence-electron chi connectivity index (χ0n) is 28.0. The van der Waals surface area contributed by atoms with E-state index >= 15 is 0 Å². The van der Waals surface area contributed by atoms with Crippen LogP contribution >= 0.6 is 0 Å².